The third-order valence-corrected chi connectivity index (χ3v) is 2.56. The third-order valence-electron chi connectivity index (χ3n) is 2.56. The van der Waals surface area contributed by atoms with Crippen LogP contribution in [0.1, 0.15) is 12.8 Å². The van der Waals surface area contributed by atoms with Crippen molar-refractivity contribution in [3.8, 4) is 0 Å². The van der Waals surface area contributed by atoms with Crippen LogP contribution < -0.4 is 5.73 Å². The van der Waals surface area contributed by atoms with Crippen molar-refractivity contribution in [3.05, 3.63) is 0 Å². The first-order valence-electron chi connectivity index (χ1n) is 4.28. The van der Waals surface area contributed by atoms with Crippen LogP contribution in [-0.2, 0) is 4.79 Å². The molecule has 0 saturated carbocycles. The van der Waals surface area contributed by atoms with Crippen molar-refractivity contribution in [1.29, 1.82) is 0 Å². The lowest BCUT2D eigenvalue weighted by Crippen LogP contribution is -2.43. The lowest BCUT2D eigenvalue weighted by atomic mass is 9.90. The van der Waals surface area contributed by atoms with Crippen LogP contribution in [0.4, 0.5) is 0 Å². The Morgan fingerprint density at radius 1 is 1.58 bits per heavy atom. The highest BCUT2D eigenvalue weighted by molar-refractivity contribution is 5.73. The molecular weight excluding hydrogens is 156 g/mol. The second-order valence-corrected chi connectivity index (χ2v) is 3.50. The Morgan fingerprint density at radius 3 is 2.50 bits per heavy atom. The quantitative estimate of drug-likeness (QED) is 0.602. The van der Waals surface area contributed by atoms with E-state index in [1.165, 1.54) is 0 Å². The van der Waals surface area contributed by atoms with E-state index in [0.717, 1.165) is 25.9 Å². The van der Waals surface area contributed by atoms with Gasteiger partial charge in [-0.3, -0.25) is 4.79 Å². The van der Waals surface area contributed by atoms with Crippen LogP contribution >= 0.6 is 0 Å². The highest BCUT2D eigenvalue weighted by atomic mass is 16.4. The van der Waals surface area contributed by atoms with Gasteiger partial charge in [0.2, 0.25) is 0 Å². The minimum atomic E-state index is -0.871. The number of rotatable bonds is 2. The molecule has 4 nitrogen and oxygen atoms in total. The van der Waals surface area contributed by atoms with Gasteiger partial charge >= 0.3 is 5.97 Å². The third kappa shape index (κ3) is 2.19. The molecule has 0 radical (unpaired) electrons. The van der Waals surface area contributed by atoms with E-state index < -0.39 is 12.0 Å². The molecule has 0 aromatic carbocycles. The van der Waals surface area contributed by atoms with E-state index in [9.17, 15) is 4.79 Å². The Kier molecular flexibility index (Phi) is 3.05. The number of hydrogen-bond donors (Lipinski definition) is 2. The molecule has 1 aliphatic heterocycles. The second-order valence-electron chi connectivity index (χ2n) is 3.50. The van der Waals surface area contributed by atoms with Crippen LogP contribution in [0.3, 0.4) is 0 Å². The normalized spacial score (nSPS) is 23.8. The predicted molar refractivity (Wildman–Crippen MR) is 45.8 cm³/mol. The molecule has 4 heteroatoms. The Morgan fingerprint density at radius 2 is 2.08 bits per heavy atom. The van der Waals surface area contributed by atoms with Gasteiger partial charge < -0.3 is 15.7 Å². The van der Waals surface area contributed by atoms with Gasteiger partial charge in [-0.25, -0.2) is 0 Å². The van der Waals surface area contributed by atoms with Crippen molar-refractivity contribution in [1.82, 2.24) is 4.90 Å². The minimum absolute atomic E-state index is 0.165. The molecular formula is C8H16N2O2. The summed E-state index contributed by atoms with van der Waals surface area (Å²) in [7, 11) is 2.04. The highest BCUT2D eigenvalue weighted by Crippen LogP contribution is 2.18. The van der Waals surface area contributed by atoms with Gasteiger partial charge in [0.05, 0.1) is 0 Å². The summed E-state index contributed by atoms with van der Waals surface area (Å²) in [5.41, 5.74) is 5.52. The number of carboxylic acids is 1. The van der Waals surface area contributed by atoms with Gasteiger partial charge in [0.1, 0.15) is 6.04 Å². The van der Waals surface area contributed by atoms with E-state index >= 15 is 0 Å². The molecule has 12 heavy (non-hydrogen) atoms. The molecule has 1 saturated heterocycles. The van der Waals surface area contributed by atoms with E-state index in [2.05, 4.69) is 4.90 Å². The van der Waals surface area contributed by atoms with Crippen molar-refractivity contribution < 1.29 is 9.90 Å². The summed E-state index contributed by atoms with van der Waals surface area (Å²) in [5, 5.41) is 8.66. The van der Waals surface area contributed by atoms with Gasteiger partial charge in [0.15, 0.2) is 0 Å². The Balaban J connectivity index is 2.39. The maximum Gasteiger partial charge on any atom is 0.320 e. The summed E-state index contributed by atoms with van der Waals surface area (Å²) in [6.45, 7) is 1.93. The fourth-order valence-corrected chi connectivity index (χ4v) is 1.59. The summed E-state index contributed by atoms with van der Waals surface area (Å²) in [6, 6.07) is -0.668. The molecule has 1 heterocycles. The number of hydrogen-bond acceptors (Lipinski definition) is 3. The van der Waals surface area contributed by atoms with E-state index in [0.29, 0.717) is 0 Å². The smallest absolute Gasteiger partial charge is 0.320 e. The summed E-state index contributed by atoms with van der Waals surface area (Å²) in [6.07, 6.45) is 1.81. The SMILES string of the molecule is CN1CCC(C(N)C(=O)O)CC1. The van der Waals surface area contributed by atoms with E-state index in [1.807, 2.05) is 7.05 Å². The zero-order valence-corrected chi connectivity index (χ0v) is 7.36. The van der Waals surface area contributed by atoms with Gasteiger partial charge in [0, 0.05) is 0 Å². The zero-order chi connectivity index (χ0) is 9.14. The topological polar surface area (TPSA) is 66.6 Å². The molecule has 1 unspecified atom stereocenters. The molecule has 70 valence electrons. The molecule has 0 amide bonds. The maximum atomic E-state index is 10.5. The molecule has 1 fully saturated rings. The van der Waals surface area contributed by atoms with Crippen molar-refractivity contribution >= 4 is 5.97 Å². The molecule has 0 aliphatic carbocycles. The Bertz CT molecular complexity index is 164. The number of aliphatic carboxylic acids is 1. The van der Waals surface area contributed by atoms with Gasteiger partial charge in [-0.2, -0.15) is 0 Å². The van der Waals surface area contributed by atoms with E-state index in [4.69, 9.17) is 10.8 Å². The summed E-state index contributed by atoms with van der Waals surface area (Å²) >= 11 is 0. The van der Waals surface area contributed by atoms with Gasteiger partial charge in [0.25, 0.3) is 0 Å². The fraction of sp³-hybridized carbons (Fsp3) is 0.875. The first kappa shape index (κ1) is 9.48. The Labute approximate surface area is 72.3 Å². The lowest BCUT2D eigenvalue weighted by molar-refractivity contribution is -0.140. The average molecular weight is 172 g/mol. The first-order chi connectivity index (χ1) is 5.61. The van der Waals surface area contributed by atoms with Crippen LogP contribution in [-0.4, -0.2) is 42.2 Å². The van der Waals surface area contributed by atoms with E-state index in [1.54, 1.807) is 0 Å². The fourth-order valence-electron chi connectivity index (χ4n) is 1.59. The molecule has 0 aromatic heterocycles. The van der Waals surface area contributed by atoms with Crippen molar-refractivity contribution in [2.75, 3.05) is 20.1 Å². The van der Waals surface area contributed by atoms with Gasteiger partial charge in [-0.15, -0.1) is 0 Å². The second kappa shape index (κ2) is 3.87. The summed E-state index contributed by atoms with van der Waals surface area (Å²) < 4.78 is 0. The summed E-state index contributed by atoms with van der Waals surface area (Å²) in [4.78, 5) is 12.7. The van der Waals surface area contributed by atoms with Crippen molar-refractivity contribution in [2.45, 2.75) is 18.9 Å². The van der Waals surface area contributed by atoms with Crippen LogP contribution in [0, 0.1) is 5.92 Å². The van der Waals surface area contributed by atoms with Crippen LogP contribution in [0.5, 0.6) is 0 Å². The number of carbonyl (C=O) groups is 1. The number of carboxylic acid groups (broad SMARTS) is 1. The van der Waals surface area contributed by atoms with Crippen LogP contribution in [0.2, 0.25) is 0 Å². The molecule has 0 aromatic rings. The molecule has 0 spiro atoms. The van der Waals surface area contributed by atoms with Crippen molar-refractivity contribution in [3.63, 3.8) is 0 Å². The number of nitrogens with zero attached hydrogens (tertiary/aromatic N) is 1. The summed E-state index contributed by atoms with van der Waals surface area (Å²) in [5.74, 6) is -0.705. The lowest BCUT2D eigenvalue weighted by Gasteiger charge is -2.30. The van der Waals surface area contributed by atoms with Crippen molar-refractivity contribution in [2.24, 2.45) is 11.7 Å². The maximum absolute atomic E-state index is 10.5. The Hall–Kier alpha value is -0.610. The molecule has 3 N–H and O–H groups in total. The highest BCUT2D eigenvalue weighted by Gasteiger charge is 2.26. The first-order valence-corrected chi connectivity index (χ1v) is 4.28. The molecule has 1 atom stereocenters. The zero-order valence-electron chi connectivity index (χ0n) is 7.36. The standard InChI is InChI=1S/C8H16N2O2/c1-10-4-2-6(3-5-10)7(9)8(11)12/h6-7H,2-5,9H2,1H3,(H,11,12). The number of piperidine rings is 1. The molecule has 0 bridgehead atoms. The number of likely N-dealkylation sites (tertiary alicyclic amines) is 1. The predicted octanol–water partition coefficient (Wildman–Crippen LogP) is -0.260. The average Bonchev–Trinajstić information content (AvgIpc) is 2.04. The van der Waals surface area contributed by atoms with Crippen LogP contribution in [0.25, 0.3) is 0 Å². The van der Waals surface area contributed by atoms with Gasteiger partial charge in [-0.1, -0.05) is 0 Å². The monoisotopic (exact) mass is 172 g/mol. The van der Waals surface area contributed by atoms with E-state index in [-0.39, 0.29) is 5.92 Å². The minimum Gasteiger partial charge on any atom is -0.480 e. The van der Waals surface area contributed by atoms with Gasteiger partial charge in [-0.05, 0) is 38.9 Å². The number of nitrogens with two attached hydrogens (primary N) is 1. The molecule has 1 aliphatic rings. The molecule has 1 rings (SSSR count). The van der Waals surface area contributed by atoms with Crippen LogP contribution in [0.15, 0.2) is 0 Å². The largest absolute Gasteiger partial charge is 0.480 e.